The fourth-order valence-electron chi connectivity index (χ4n) is 3.29. The van der Waals surface area contributed by atoms with Crippen LogP contribution in [0.5, 0.6) is 0 Å². The second-order valence-electron chi connectivity index (χ2n) is 6.54. The first-order valence-electron chi connectivity index (χ1n) is 8.70. The number of carbonyl (C=O) groups is 1. The zero-order chi connectivity index (χ0) is 18.1. The van der Waals surface area contributed by atoms with Crippen molar-refractivity contribution in [2.24, 2.45) is 0 Å². The first-order chi connectivity index (χ1) is 12.6. The Bertz CT molecular complexity index is 942. The molecule has 0 unspecified atom stereocenters. The molecule has 3 heterocycles. The molecule has 2 aromatic heterocycles. The summed E-state index contributed by atoms with van der Waals surface area (Å²) in [5.74, 6) is -0.0209. The maximum absolute atomic E-state index is 13.4. The molecule has 26 heavy (non-hydrogen) atoms. The zero-order valence-electron chi connectivity index (χ0n) is 14.5. The van der Waals surface area contributed by atoms with E-state index in [4.69, 9.17) is 4.42 Å². The summed E-state index contributed by atoms with van der Waals surface area (Å²) < 4.78 is 20.9. The molecule has 1 fully saturated rings. The highest BCUT2D eigenvalue weighted by atomic mass is 19.1. The number of nitrogens with zero attached hydrogens (tertiary/aromatic N) is 3. The molecule has 4 rings (SSSR count). The Balaban J connectivity index is 1.44. The van der Waals surface area contributed by atoms with Crippen LogP contribution in [-0.4, -0.2) is 34.0 Å². The summed E-state index contributed by atoms with van der Waals surface area (Å²) in [6.07, 6.45) is 3.63. The van der Waals surface area contributed by atoms with Crippen LogP contribution in [0.3, 0.4) is 0 Å². The molecule has 1 saturated heterocycles. The van der Waals surface area contributed by atoms with Gasteiger partial charge in [0.25, 0.3) is 5.91 Å². The number of amides is 1. The number of benzene rings is 1. The Morgan fingerprint density at radius 3 is 3.04 bits per heavy atom. The molecule has 1 aliphatic heterocycles. The summed E-state index contributed by atoms with van der Waals surface area (Å²) in [5, 5.41) is 14.9. The van der Waals surface area contributed by atoms with E-state index in [0.717, 1.165) is 31.5 Å². The number of furan rings is 1. The number of aryl methyl sites for hydroxylation is 1. The number of hydrogen-bond acceptors (Lipinski definition) is 5. The third-order valence-electron chi connectivity index (χ3n) is 4.83. The molecule has 8 heteroatoms. The maximum Gasteiger partial charge on any atom is 0.273 e. The fraction of sp³-hybridized carbons (Fsp3) is 0.389. The van der Waals surface area contributed by atoms with Gasteiger partial charge in [0.15, 0.2) is 5.69 Å². The number of rotatable bonds is 4. The number of nitrogens with one attached hydrogen (secondary N) is 2. The molecule has 0 atom stereocenters. The summed E-state index contributed by atoms with van der Waals surface area (Å²) in [5.41, 5.74) is 1.70. The van der Waals surface area contributed by atoms with Crippen molar-refractivity contribution in [3.8, 4) is 0 Å². The van der Waals surface area contributed by atoms with Gasteiger partial charge in [0, 0.05) is 10.9 Å². The topological polar surface area (TPSA) is 85.0 Å². The first-order valence-corrected chi connectivity index (χ1v) is 8.70. The largest absolute Gasteiger partial charge is 0.459 e. The Labute approximate surface area is 149 Å². The van der Waals surface area contributed by atoms with Gasteiger partial charge in [-0.15, -0.1) is 5.10 Å². The Morgan fingerprint density at radius 1 is 1.42 bits per heavy atom. The van der Waals surface area contributed by atoms with Gasteiger partial charge in [0.1, 0.15) is 17.2 Å². The van der Waals surface area contributed by atoms with Crippen molar-refractivity contribution in [2.75, 3.05) is 13.1 Å². The predicted molar refractivity (Wildman–Crippen MR) is 93.2 cm³/mol. The van der Waals surface area contributed by atoms with Gasteiger partial charge < -0.3 is 15.1 Å². The number of carbonyl (C=O) groups excluding carboxylic acids is 1. The van der Waals surface area contributed by atoms with Crippen LogP contribution < -0.4 is 10.6 Å². The van der Waals surface area contributed by atoms with Crippen LogP contribution in [0.4, 0.5) is 4.39 Å². The molecule has 1 aliphatic rings. The van der Waals surface area contributed by atoms with E-state index in [2.05, 4.69) is 20.9 Å². The minimum atomic E-state index is -0.313. The molecule has 1 amide bonds. The second-order valence-corrected chi connectivity index (χ2v) is 6.54. The van der Waals surface area contributed by atoms with E-state index in [-0.39, 0.29) is 30.0 Å². The molecular formula is C18H20FN5O2. The summed E-state index contributed by atoms with van der Waals surface area (Å²) >= 11 is 0. The minimum absolute atomic E-state index is 0.209. The van der Waals surface area contributed by atoms with E-state index in [1.807, 2.05) is 6.92 Å². The molecule has 7 nitrogen and oxygen atoms in total. The highest BCUT2D eigenvalue weighted by molar-refractivity contribution is 5.92. The van der Waals surface area contributed by atoms with E-state index in [9.17, 15) is 9.18 Å². The van der Waals surface area contributed by atoms with Gasteiger partial charge >= 0.3 is 0 Å². The van der Waals surface area contributed by atoms with Gasteiger partial charge in [0.2, 0.25) is 0 Å². The zero-order valence-corrected chi connectivity index (χ0v) is 14.5. The first kappa shape index (κ1) is 16.7. The summed E-state index contributed by atoms with van der Waals surface area (Å²) in [6, 6.07) is 4.66. The third kappa shape index (κ3) is 3.20. The van der Waals surface area contributed by atoms with E-state index < -0.39 is 0 Å². The number of halogens is 1. The van der Waals surface area contributed by atoms with Crippen molar-refractivity contribution in [1.29, 1.82) is 0 Å². The molecule has 136 valence electrons. The summed E-state index contributed by atoms with van der Waals surface area (Å²) in [4.78, 5) is 12.4. The van der Waals surface area contributed by atoms with Crippen molar-refractivity contribution < 1.29 is 13.6 Å². The van der Waals surface area contributed by atoms with Gasteiger partial charge in [-0.3, -0.25) is 4.79 Å². The standard InChI is InChI=1S/C18H20FN5O2/c1-11-14-8-12(19)2-3-16(14)26-17(11)9-21-18(25)15-10-24(23-22-15)13-4-6-20-7-5-13/h2-3,8,10,13,20H,4-7,9H2,1H3,(H,21,25). The van der Waals surface area contributed by atoms with E-state index >= 15 is 0 Å². The number of piperidine rings is 1. The van der Waals surface area contributed by atoms with Crippen molar-refractivity contribution in [3.05, 3.63) is 47.2 Å². The highest BCUT2D eigenvalue weighted by Crippen LogP contribution is 2.26. The lowest BCUT2D eigenvalue weighted by atomic mass is 10.1. The fourth-order valence-corrected chi connectivity index (χ4v) is 3.29. The molecule has 0 radical (unpaired) electrons. The molecule has 0 bridgehead atoms. The highest BCUT2D eigenvalue weighted by Gasteiger charge is 2.19. The molecule has 0 saturated carbocycles. The second kappa shape index (κ2) is 6.87. The Hall–Kier alpha value is -2.74. The Morgan fingerprint density at radius 2 is 2.23 bits per heavy atom. The van der Waals surface area contributed by atoms with Gasteiger partial charge in [-0.2, -0.15) is 0 Å². The molecule has 0 aliphatic carbocycles. The number of fused-ring (bicyclic) bond motifs is 1. The lowest BCUT2D eigenvalue weighted by molar-refractivity contribution is 0.0943. The number of aromatic nitrogens is 3. The van der Waals surface area contributed by atoms with Gasteiger partial charge in [0.05, 0.1) is 18.8 Å². The van der Waals surface area contributed by atoms with Crippen LogP contribution in [0.15, 0.2) is 28.8 Å². The molecule has 0 spiro atoms. The lowest BCUT2D eigenvalue weighted by Crippen LogP contribution is -2.29. The van der Waals surface area contributed by atoms with Crippen LogP contribution in [0.1, 0.15) is 40.7 Å². The monoisotopic (exact) mass is 357 g/mol. The minimum Gasteiger partial charge on any atom is -0.459 e. The summed E-state index contributed by atoms with van der Waals surface area (Å²) in [7, 11) is 0. The van der Waals surface area contributed by atoms with E-state index in [0.29, 0.717) is 16.7 Å². The van der Waals surface area contributed by atoms with Crippen LogP contribution in [0.25, 0.3) is 11.0 Å². The van der Waals surface area contributed by atoms with Crippen molar-refractivity contribution in [2.45, 2.75) is 32.4 Å². The van der Waals surface area contributed by atoms with Crippen LogP contribution in [-0.2, 0) is 6.54 Å². The van der Waals surface area contributed by atoms with Crippen molar-refractivity contribution >= 4 is 16.9 Å². The molecule has 3 aromatic rings. The van der Waals surface area contributed by atoms with Crippen LogP contribution in [0, 0.1) is 12.7 Å². The van der Waals surface area contributed by atoms with Crippen molar-refractivity contribution in [1.82, 2.24) is 25.6 Å². The average Bonchev–Trinajstić information content (AvgIpc) is 3.27. The smallest absolute Gasteiger partial charge is 0.273 e. The lowest BCUT2D eigenvalue weighted by Gasteiger charge is -2.22. The quantitative estimate of drug-likeness (QED) is 0.749. The average molecular weight is 357 g/mol. The van der Waals surface area contributed by atoms with Gasteiger partial charge in [-0.05, 0) is 51.1 Å². The molecular weight excluding hydrogens is 337 g/mol. The molecule has 1 aromatic carbocycles. The van der Waals surface area contributed by atoms with Crippen LogP contribution >= 0.6 is 0 Å². The normalized spacial score (nSPS) is 15.5. The van der Waals surface area contributed by atoms with E-state index in [1.165, 1.54) is 12.1 Å². The predicted octanol–water partition coefficient (Wildman–Crippen LogP) is 2.33. The van der Waals surface area contributed by atoms with Gasteiger partial charge in [-0.25, -0.2) is 9.07 Å². The number of hydrogen-bond donors (Lipinski definition) is 2. The van der Waals surface area contributed by atoms with Crippen molar-refractivity contribution in [3.63, 3.8) is 0 Å². The molecule has 2 N–H and O–H groups in total. The maximum atomic E-state index is 13.4. The Kier molecular flexibility index (Phi) is 4.42. The van der Waals surface area contributed by atoms with Gasteiger partial charge in [-0.1, -0.05) is 5.21 Å². The van der Waals surface area contributed by atoms with Crippen LogP contribution in [0.2, 0.25) is 0 Å². The van der Waals surface area contributed by atoms with E-state index in [1.54, 1.807) is 16.9 Å². The SMILES string of the molecule is Cc1c(CNC(=O)c2cn(C3CCNCC3)nn2)oc2ccc(F)cc12. The summed E-state index contributed by atoms with van der Waals surface area (Å²) in [6.45, 7) is 3.94. The third-order valence-corrected chi connectivity index (χ3v) is 4.83.